The van der Waals surface area contributed by atoms with Crippen LogP contribution in [0.4, 0.5) is 27.6 Å². The summed E-state index contributed by atoms with van der Waals surface area (Å²) >= 11 is 0. The Balaban J connectivity index is 2.72. The first-order valence-electron chi connectivity index (χ1n) is 3.64. The van der Waals surface area contributed by atoms with Gasteiger partial charge in [-0.3, -0.25) is 0 Å². The molecule has 0 aromatic heterocycles. The number of hydrogen-bond acceptors (Lipinski definition) is 1. The van der Waals surface area contributed by atoms with Crippen LogP contribution in [0.25, 0.3) is 0 Å². The fourth-order valence-electron chi connectivity index (χ4n) is 0.828. The molecule has 1 nitrogen and oxygen atoms in total. The zero-order valence-electron chi connectivity index (χ0n) is 6.83. The lowest BCUT2D eigenvalue weighted by atomic mass is 10.3. The molecule has 0 fully saturated rings. The number of rotatable bonds is 2. The first kappa shape index (κ1) is 10.7. The monoisotopic (exact) mass is 211 g/mol. The van der Waals surface area contributed by atoms with Crippen molar-refractivity contribution in [1.29, 1.82) is 0 Å². The van der Waals surface area contributed by atoms with Crippen LogP contribution in [0, 0.1) is 11.6 Å². The summed E-state index contributed by atoms with van der Waals surface area (Å²) < 4.78 is 60.3. The predicted octanol–water partition coefficient (Wildman–Crippen LogP) is 2.94. The summed E-state index contributed by atoms with van der Waals surface area (Å²) in [6.07, 6.45) is -4.46. The van der Waals surface area contributed by atoms with E-state index in [1.807, 2.05) is 0 Å². The highest BCUT2D eigenvalue weighted by atomic mass is 19.4. The number of anilines is 1. The summed E-state index contributed by atoms with van der Waals surface area (Å²) in [5.41, 5.74) is -0.498. The van der Waals surface area contributed by atoms with Gasteiger partial charge in [0.15, 0.2) is 0 Å². The van der Waals surface area contributed by atoms with Crippen molar-refractivity contribution in [3.8, 4) is 0 Å². The van der Waals surface area contributed by atoms with Gasteiger partial charge in [-0.05, 0) is 18.2 Å². The molecule has 0 saturated heterocycles. The van der Waals surface area contributed by atoms with Crippen molar-refractivity contribution in [2.45, 2.75) is 6.18 Å². The molecule has 1 aromatic carbocycles. The van der Waals surface area contributed by atoms with Gasteiger partial charge in [0.1, 0.15) is 18.2 Å². The molecule has 0 heterocycles. The maximum atomic E-state index is 12.7. The number of halogens is 5. The Morgan fingerprint density at radius 3 is 2.36 bits per heavy atom. The van der Waals surface area contributed by atoms with E-state index in [1.54, 1.807) is 5.32 Å². The quantitative estimate of drug-likeness (QED) is 0.741. The summed E-state index contributed by atoms with van der Waals surface area (Å²) in [5.74, 6) is -1.72. The number of benzene rings is 1. The third-order valence-corrected chi connectivity index (χ3v) is 1.41. The van der Waals surface area contributed by atoms with Crippen molar-refractivity contribution in [3.63, 3.8) is 0 Å². The van der Waals surface area contributed by atoms with Crippen molar-refractivity contribution in [3.05, 3.63) is 29.8 Å². The molecule has 1 aromatic rings. The molecule has 0 unspecified atom stereocenters. The van der Waals surface area contributed by atoms with Gasteiger partial charge in [0.2, 0.25) is 0 Å². The molecule has 1 rings (SSSR count). The zero-order chi connectivity index (χ0) is 10.8. The normalized spacial score (nSPS) is 11.5. The second kappa shape index (κ2) is 3.81. The molecule has 78 valence electrons. The molecule has 0 aliphatic heterocycles. The van der Waals surface area contributed by atoms with Crippen LogP contribution in [0.3, 0.4) is 0 Å². The van der Waals surface area contributed by atoms with Gasteiger partial charge < -0.3 is 5.32 Å². The average Bonchev–Trinajstić information content (AvgIpc) is 2.05. The summed E-state index contributed by atoms with van der Waals surface area (Å²) in [5, 5.41) is 1.75. The van der Waals surface area contributed by atoms with E-state index in [2.05, 4.69) is 0 Å². The third kappa shape index (κ3) is 3.20. The second-order valence-electron chi connectivity index (χ2n) is 2.59. The summed E-state index contributed by atoms with van der Waals surface area (Å²) in [6, 6.07) is 2.25. The van der Waals surface area contributed by atoms with Gasteiger partial charge in [-0.25, -0.2) is 8.78 Å². The highest BCUT2D eigenvalue weighted by Gasteiger charge is 2.27. The van der Waals surface area contributed by atoms with E-state index in [-0.39, 0.29) is 0 Å². The molecule has 0 saturated carbocycles. The Bertz CT molecular complexity index is 320. The zero-order valence-corrected chi connectivity index (χ0v) is 6.83. The standard InChI is InChI=1S/C8H6F5N/c9-5-1-2-6(10)7(3-5)14-4-8(11,12)13/h1-3,14H,4H2. The average molecular weight is 211 g/mol. The van der Waals surface area contributed by atoms with Gasteiger partial charge >= 0.3 is 6.18 Å². The molecule has 0 spiro atoms. The fourth-order valence-corrected chi connectivity index (χ4v) is 0.828. The molecule has 0 aliphatic rings. The Kier molecular flexibility index (Phi) is 2.93. The first-order chi connectivity index (χ1) is 6.38. The van der Waals surface area contributed by atoms with Crippen molar-refractivity contribution >= 4 is 5.69 Å². The van der Waals surface area contributed by atoms with E-state index < -0.39 is 30.0 Å². The van der Waals surface area contributed by atoms with Gasteiger partial charge in [-0.15, -0.1) is 0 Å². The number of alkyl halides is 3. The van der Waals surface area contributed by atoms with Gasteiger partial charge in [0.05, 0.1) is 5.69 Å². The lowest BCUT2D eigenvalue weighted by Gasteiger charge is -2.09. The Hall–Kier alpha value is -1.33. The molecule has 0 atom stereocenters. The maximum Gasteiger partial charge on any atom is 0.405 e. The van der Waals surface area contributed by atoms with Crippen LogP contribution in [-0.2, 0) is 0 Å². The predicted molar refractivity (Wildman–Crippen MR) is 40.9 cm³/mol. The van der Waals surface area contributed by atoms with Crippen molar-refractivity contribution < 1.29 is 22.0 Å². The van der Waals surface area contributed by atoms with E-state index >= 15 is 0 Å². The van der Waals surface area contributed by atoms with Crippen LogP contribution < -0.4 is 5.32 Å². The minimum Gasteiger partial charge on any atom is -0.374 e. The minimum atomic E-state index is -4.46. The van der Waals surface area contributed by atoms with Gasteiger partial charge in [-0.2, -0.15) is 13.2 Å². The first-order valence-corrected chi connectivity index (χ1v) is 3.64. The highest BCUT2D eigenvalue weighted by molar-refractivity contribution is 5.44. The highest BCUT2D eigenvalue weighted by Crippen LogP contribution is 2.19. The van der Waals surface area contributed by atoms with E-state index in [4.69, 9.17) is 0 Å². The van der Waals surface area contributed by atoms with Crippen LogP contribution in [0.5, 0.6) is 0 Å². The lowest BCUT2D eigenvalue weighted by Crippen LogP contribution is -2.21. The van der Waals surface area contributed by atoms with Crippen molar-refractivity contribution in [2.24, 2.45) is 0 Å². The van der Waals surface area contributed by atoms with E-state index in [0.717, 1.165) is 12.1 Å². The summed E-state index contributed by atoms with van der Waals surface area (Å²) in [6.45, 7) is -1.40. The number of nitrogens with one attached hydrogen (secondary N) is 1. The summed E-state index contributed by atoms with van der Waals surface area (Å²) in [7, 11) is 0. The van der Waals surface area contributed by atoms with Gasteiger partial charge in [0, 0.05) is 0 Å². The topological polar surface area (TPSA) is 12.0 Å². The molecular formula is C8H6F5N. The number of hydrogen-bond donors (Lipinski definition) is 1. The molecular weight excluding hydrogens is 205 g/mol. The SMILES string of the molecule is Fc1ccc(F)c(NCC(F)(F)F)c1. The van der Waals surface area contributed by atoms with Crippen LogP contribution in [0.1, 0.15) is 0 Å². The molecule has 14 heavy (non-hydrogen) atoms. The maximum absolute atomic E-state index is 12.7. The van der Waals surface area contributed by atoms with Gasteiger partial charge in [-0.1, -0.05) is 0 Å². The van der Waals surface area contributed by atoms with E-state index in [0.29, 0.717) is 6.07 Å². The van der Waals surface area contributed by atoms with Crippen LogP contribution in [0.2, 0.25) is 0 Å². The minimum absolute atomic E-state index is 0.498. The summed E-state index contributed by atoms with van der Waals surface area (Å²) in [4.78, 5) is 0. The Morgan fingerprint density at radius 2 is 1.79 bits per heavy atom. The van der Waals surface area contributed by atoms with E-state index in [1.165, 1.54) is 0 Å². The molecule has 0 amide bonds. The smallest absolute Gasteiger partial charge is 0.374 e. The molecule has 0 radical (unpaired) electrons. The van der Waals surface area contributed by atoms with E-state index in [9.17, 15) is 22.0 Å². The molecule has 0 bridgehead atoms. The fraction of sp³-hybridized carbons (Fsp3) is 0.250. The largest absolute Gasteiger partial charge is 0.405 e. The molecule has 0 aliphatic carbocycles. The van der Waals surface area contributed by atoms with Crippen LogP contribution in [-0.4, -0.2) is 12.7 Å². The van der Waals surface area contributed by atoms with Crippen molar-refractivity contribution in [1.82, 2.24) is 0 Å². The van der Waals surface area contributed by atoms with Gasteiger partial charge in [0.25, 0.3) is 0 Å². The van der Waals surface area contributed by atoms with Crippen molar-refractivity contribution in [2.75, 3.05) is 11.9 Å². The lowest BCUT2D eigenvalue weighted by molar-refractivity contribution is -0.115. The van der Waals surface area contributed by atoms with Crippen LogP contribution in [0.15, 0.2) is 18.2 Å². The Labute approximate surface area is 76.5 Å². The Morgan fingerprint density at radius 1 is 1.14 bits per heavy atom. The third-order valence-electron chi connectivity index (χ3n) is 1.41. The molecule has 6 heteroatoms. The second-order valence-corrected chi connectivity index (χ2v) is 2.59. The van der Waals surface area contributed by atoms with Crippen LogP contribution >= 0.6 is 0 Å². The molecule has 1 N–H and O–H groups in total.